The molecule has 0 saturated heterocycles. The fraction of sp³-hybridized carbons (Fsp3) is 0. The van der Waals surface area contributed by atoms with Crippen LogP contribution in [0.1, 0.15) is 8.22 Å². The maximum absolute atomic E-state index is 9.56. The molecule has 1 nitrogen and oxygen atoms in total. The molecule has 2 heterocycles. The lowest BCUT2D eigenvalue weighted by Gasteiger charge is -2.12. The van der Waals surface area contributed by atoms with Crippen LogP contribution in [0.25, 0.3) is 86.6 Å². The van der Waals surface area contributed by atoms with Crippen molar-refractivity contribution >= 4 is 53.4 Å². The first-order valence-corrected chi connectivity index (χ1v) is 15.3. The molecule has 0 aliphatic carbocycles. The molecule has 0 amide bonds. The Balaban J connectivity index is 1.32. The van der Waals surface area contributed by atoms with Crippen molar-refractivity contribution in [1.29, 1.82) is 0 Å². The first-order valence-electron chi connectivity index (χ1n) is 17.4. The van der Waals surface area contributed by atoms with Gasteiger partial charge in [0.25, 0.3) is 0 Å². The summed E-state index contributed by atoms with van der Waals surface area (Å²) in [6.45, 7) is 0. The van der Waals surface area contributed by atoms with Crippen molar-refractivity contribution < 1.29 is 12.6 Å². The van der Waals surface area contributed by atoms with Crippen molar-refractivity contribution in [3.05, 3.63) is 158 Å². The lowest BCUT2D eigenvalue weighted by molar-refractivity contribution is 0.669. The van der Waals surface area contributed by atoms with Gasteiger partial charge in [-0.3, -0.25) is 0 Å². The number of hydrogen-bond acceptors (Lipinski definition) is 2. The quantitative estimate of drug-likeness (QED) is 0.201. The van der Waals surface area contributed by atoms with Crippen molar-refractivity contribution in [2.75, 3.05) is 0 Å². The van der Waals surface area contributed by atoms with Gasteiger partial charge < -0.3 is 4.42 Å². The monoisotopic (exact) mass is 584 g/mol. The van der Waals surface area contributed by atoms with Gasteiger partial charge in [-0.2, -0.15) is 0 Å². The van der Waals surface area contributed by atoms with Crippen LogP contribution < -0.4 is 0 Å². The summed E-state index contributed by atoms with van der Waals surface area (Å²) >= 11 is 1.19. The van der Waals surface area contributed by atoms with E-state index in [2.05, 4.69) is 18.2 Å². The van der Waals surface area contributed by atoms with E-state index in [1.54, 1.807) is 0 Å². The molecule has 7 aromatic carbocycles. The average Bonchev–Trinajstić information content (AvgIpc) is 3.73. The zero-order valence-electron chi connectivity index (χ0n) is 29.4. The Morgan fingerprint density at radius 3 is 1.95 bits per heavy atom. The molecule has 0 radical (unpaired) electrons. The number of hydrogen-bond donors (Lipinski definition) is 0. The number of thiophene rings is 1. The summed E-state index contributed by atoms with van der Waals surface area (Å²) in [7, 11) is 0. The zero-order chi connectivity index (χ0) is 34.3. The van der Waals surface area contributed by atoms with Gasteiger partial charge in [0.05, 0.1) is 8.22 Å². The van der Waals surface area contributed by atoms with E-state index < -0.39 is 0 Å². The Morgan fingerprint density at radius 1 is 0.455 bits per heavy atom. The van der Waals surface area contributed by atoms with Crippen molar-refractivity contribution in [2.45, 2.75) is 0 Å². The van der Waals surface area contributed by atoms with Gasteiger partial charge in [-0.25, -0.2) is 0 Å². The van der Waals surface area contributed by atoms with E-state index in [0.717, 1.165) is 44.2 Å². The Hall–Kier alpha value is -5.44. The third-order valence-electron chi connectivity index (χ3n) is 8.18. The number of fused-ring (bicyclic) bond motifs is 6. The first kappa shape index (κ1) is 19.7. The molecule has 44 heavy (non-hydrogen) atoms. The second-order valence-corrected chi connectivity index (χ2v) is 11.9. The lowest BCUT2D eigenvalue weighted by Crippen LogP contribution is -1.86. The van der Waals surface area contributed by atoms with Gasteiger partial charge in [0.2, 0.25) is 0 Å². The Labute approximate surface area is 267 Å². The van der Waals surface area contributed by atoms with Crippen molar-refractivity contribution in [2.24, 2.45) is 0 Å². The summed E-state index contributed by atoms with van der Waals surface area (Å²) in [5, 5.41) is 2.93. The van der Waals surface area contributed by atoms with Crippen LogP contribution in [0.4, 0.5) is 0 Å². The Kier molecular flexibility index (Phi) is 4.51. The summed E-state index contributed by atoms with van der Waals surface area (Å²) in [5.74, 6) is 0. The van der Waals surface area contributed by atoms with Gasteiger partial charge in [0, 0.05) is 30.9 Å². The van der Waals surface area contributed by atoms with Gasteiger partial charge in [0.15, 0.2) is 0 Å². The molecule has 2 aromatic heterocycles. The van der Waals surface area contributed by atoms with E-state index in [1.165, 1.54) is 11.3 Å². The highest BCUT2D eigenvalue weighted by Gasteiger charge is 2.14. The van der Waals surface area contributed by atoms with Crippen molar-refractivity contribution in [3.8, 4) is 44.5 Å². The van der Waals surface area contributed by atoms with Crippen LogP contribution in [0.3, 0.4) is 0 Å². The standard InChI is InChI=1S/C42H26OS/c1-3-10-27(11-4-1)31-22-32(29-18-20-36-35-14-7-8-16-38(35)43-39(36)25-29)24-33(23-31)30-19-21-37-41(26-30)44-40-17-9-15-34(42(37)40)28-12-5-2-6-13-28/h1-26H/i9D,15D,17D,19D,21D,26D. The largest absolute Gasteiger partial charge is 0.456 e. The van der Waals surface area contributed by atoms with E-state index >= 15 is 0 Å². The average molecular weight is 585 g/mol. The number of furan rings is 1. The maximum Gasteiger partial charge on any atom is 0.136 e. The van der Waals surface area contributed by atoms with Crippen LogP contribution in [0.2, 0.25) is 0 Å². The molecule has 9 aromatic rings. The number of para-hydroxylation sites is 1. The van der Waals surface area contributed by atoms with E-state index in [-0.39, 0.29) is 36.3 Å². The van der Waals surface area contributed by atoms with E-state index in [9.17, 15) is 4.11 Å². The fourth-order valence-electron chi connectivity index (χ4n) is 6.05. The second-order valence-electron chi connectivity index (χ2n) is 10.9. The highest BCUT2D eigenvalue weighted by atomic mass is 32.1. The highest BCUT2D eigenvalue weighted by Crippen LogP contribution is 2.42. The van der Waals surface area contributed by atoms with Gasteiger partial charge in [-0.1, -0.05) is 109 Å². The SMILES string of the molecule is [2H]c1c([2H])c(-c2ccccc2)c2c(sc3c([2H])c(-c4cc(-c5ccccc5)cc(-c5ccc6c(c5)oc5ccccc56)c4)c([2H])c([2H])c32)c1[2H]. The molecular weight excluding hydrogens is 553 g/mol. The summed E-state index contributed by atoms with van der Waals surface area (Å²) in [6, 6.07) is 38.9. The predicted octanol–water partition coefficient (Wildman–Crippen LogP) is 12.6. The minimum absolute atomic E-state index is 0.0682. The molecule has 0 N–H and O–H groups in total. The number of rotatable bonds is 4. The lowest BCUT2D eigenvalue weighted by atomic mass is 9.92. The first-order chi connectivity index (χ1) is 24.3. The van der Waals surface area contributed by atoms with Gasteiger partial charge >= 0.3 is 0 Å². The Morgan fingerprint density at radius 2 is 1.14 bits per heavy atom. The van der Waals surface area contributed by atoms with Crippen LogP contribution in [-0.2, 0) is 0 Å². The summed E-state index contributed by atoms with van der Waals surface area (Å²) in [6.07, 6.45) is 0. The third kappa shape index (κ3) is 4.15. The molecule has 0 atom stereocenters. The number of benzene rings is 7. The van der Waals surface area contributed by atoms with Gasteiger partial charge in [-0.15, -0.1) is 11.3 Å². The van der Waals surface area contributed by atoms with E-state index in [1.807, 2.05) is 103 Å². The predicted molar refractivity (Wildman–Crippen MR) is 188 cm³/mol. The van der Waals surface area contributed by atoms with Crippen LogP contribution in [0.15, 0.2) is 162 Å². The summed E-state index contributed by atoms with van der Waals surface area (Å²) in [5.41, 5.74) is 7.35. The topological polar surface area (TPSA) is 13.1 Å². The van der Waals surface area contributed by atoms with Crippen LogP contribution in [0, 0.1) is 0 Å². The molecule has 2 heteroatoms. The summed E-state index contributed by atoms with van der Waals surface area (Å²) in [4.78, 5) is 0. The molecule has 0 bridgehead atoms. The van der Waals surface area contributed by atoms with Crippen molar-refractivity contribution in [1.82, 2.24) is 0 Å². The highest BCUT2D eigenvalue weighted by molar-refractivity contribution is 7.26. The molecule has 0 aliphatic heterocycles. The van der Waals surface area contributed by atoms with Crippen LogP contribution in [-0.4, -0.2) is 0 Å². The molecule has 0 spiro atoms. The molecule has 0 saturated carbocycles. The minimum atomic E-state index is -0.200. The fourth-order valence-corrected chi connectivity index (χ4v) is 7.08. The van der Waals surface area contributed by atoms with Crippen LogP contribution in [0.5, 0.6) is 0 Å². The molecule has 0 unspecified atom stereocenters. The molecule has 0 fully saturated rings. The molecular formula is C42H26OS. The van der Waals surface area contributed by atoms with Gasteiger partial charge in [0.1, 0.15) is 11.2 Å². The Bertz CT molecular complexity index is 2820. The smallest absolute Gasteiger partial charge is 0.136 e. The normalized spacial score (nSPS) is 13.5. The van der Waals surface area contributed by atoms with Gasteiger partial charge in [-0.05, 0) is 93.0 Å². The molecule has 206 valence electrons. The van der Waals surface area contributed by atoms with Crippen LogP contribution >= 0.6 is 11.3 Å². The zero-order valence-corrected chi connectivity index (χ0v) is 24.2. The van der Waals surface area contributed by atoms with E-state index in [4.69, 9.17) is 8.53 Å². The second kappa shape index (κ2) is 10.1. The van der Waals surface area contributed by atoms with Crippen molar-refractivity contribution in [3.63, 3.8) is 0 Å². The molecule has 0 aliphatic rings. The minimum Gasteiger partial charge on any atom is -0.456 e. The van der Waals surface area contributed by atoms with E-state index in [0.29, 0.717) is 42.4 Å². The third-order valence-corrected chi connectivity index (χ3v) is 9.20. The molecule has 9 rings (SSSR count). The summed E-state index contributed by atoms with van der Waals surface area (Å²) < 4.78 is 61.7. The maximum atomic E-state index is 9.56.